The molecule has 1 heterocycles. The number of ether oxygens (including phenoxy) is 3. The van der Waals surface area contributed by atoms with Gasteiger partial charge in [-0.1, -0.05) is 0 Å². The fourth-order valence-electron chi connectivity index (χ4n) is 0.929. The van der Waals surface area contributed by atoms with Crippen molar-refractivity contribution in [3.8, 4) is 5.06 Å². The van der Waals surface area contributed by atoms with Crippen molar-refractivity contribution in [1.82, 2.24) is 0 Å². The molecule has 1 aromatic heterocycles. The minimum atomic E-state index is -0.287. The summed E-state index contributed by atoms with van der Waals surface area (Å²) in [5, 5.41) is 2.82. The minimum Gasteiger partial charge on any atom is -0.487 e. The Balaban J connectivity index is 2.72. The second-order valence-electron chi connectivity index (χ2n) is 2.21. The van der Waals surface area contributed by atoms with Crippen LogP contribution < -0.4 is 4.74 Å². The highest BCUT2D eigenvalue weighted by Gasteiger charge is 2.10. The second kappa shape index (κ2) is 4.45. The monoisotopic (exact) mass is 188 g/mol. The molecule has 0 N–H and O–H groups in total. The summed E-state index contributed by atoms with van der Waals surface area (Å²) in [5.74, 6) is 0. The molecule has 0 bridgehead atoms. The van der Waals surface area contributed by atoms with E-state index in [-0.39, 0.29) is 6.29 Å². The first-order chi connectivity index (χ1) is 5.81. The van der Waals surface area contributed by atoms with E-state index in [2.05, 4.69) is 0 Å². The number of thiophene rings is 1. The lowest BCUT2D eigenvalue weighted by molar-refractivity contribution is -0.105. The molecule has 0 saturated carbocycles. The van der Waals surface area contributed by atoms with Crippen molar-refractivity contribution < 1.29 is 14.2 Å². The standard InChI is InChI=1S/C8H12O3S/c1-9-7-4-6(5-12-7)8(10-2)11-3/h4-5,8H,1-3H3. The van der Waals surface area contributed by atoms with Gasteiger partial charge in [-0.05, 0) is 6.07 Å². The summed E-state index contributed by atoms with van der Waals surface area (Å²) < 4.78 is 15.2. The molecule has 0 saturated heterocycles. The predicted molar refractivity (Wildman–Crippen MR) is 47.6 cm³/mol. The number of rotatable bonds is 4. The SMILES string of the molecule is COc1cc(C(OC)OC)cs1. The van der Waals surface area contributed by atoms with E-state index in [9.17, 15) is 0 Å². The van der Waals surface area contributed by atoms with Crippen LogP contribution in [-0.2, 0) is 9.47 Å². The van der Waals surface area contributed by atoms with Gasteiger partial charge in [-0.15, -0.1) is 11.3 Å². The summed E-state index contributed by atoms with van der Waals surface area (Å²) in [6.07, 6.45) is -0.287. The molecule has 0 aromatic carbocycles. The van der Waals surface area contributed by atoms with Crippen molar-refractivity contribution >= 4 is 11.3 Å². The predicted octanol–water partition coefficient (Wildman–Crippen LogP) is 2.05. The van der Waals surface area contributed by atoms with Gasteiger partial charge in [-0.25, -0.2) is 0 Å². The summed E-state index contributed by atoms with van der Waals surface area (Å²) in [6.45, 7) is 0. The van der Waals surface area contributed by atoms with Crippen molar-refractivity contribution in [3.63, 3.8) is 0 Å². The van der Waals surface area contributed by atoms with Crippen LogP contribution in [0.1, 0.15) is 11.9 Å². The molecule has 0 atom stereocenters. The van der Waals surface area contributed by atoms with Crippen LogP contribution in [0.4, 0.5) is 0 Å². The van der Waals surface area contributed by atoms with E-state index in [0.29, 0.717) is 0 Å². The molecule has 12 heavy (non-hydrogen) atoms. The fourth-order valence-corrected chi connectivity index (χ4v) is 1.66. The summed E-state index contributed by atoms with van der Waals surface area (Å²) >= 11 is 1.53. The highest BCUT2D eigenvalue weighted by Crippen LogP contribution is 2.28. The van der Waals surface area contributed by atoms with Gasteiger partial charge in [-0.2, -0.15) is 0 Å². The van der Waals surface area contributed by atoms with Crippen molar-refractivity contribution in [2.75, 3.05) is 21.3 Å². The molecule has 3 nitrogen and oxygen atoms in total. The van der Waals surface area contributed by atoms with Crippen LogP contribution in [0.15, 0.2) is 11.4 Å². The van der Waals surface area contributed by atoms with Crippen molar-refractivity contribution in [2.45, 2.75) is 6.29 Å². The van der Waals surface area contributed by atoms with Crippen molar-refractivity contribution in [1.29, 1.82) is 0 Å². The quantitative estimate of drug-likeness (QED) is 0.677. The summed E-state index contributed by atoms with van der Waals surface area (Å²) in [5.41, 5.74) is 0.988. The Morgan fingerprint density at radius 3 is 2.33 bits per heavy atom. The third kappa shape index (κ3) is 1.97. The zero-order valence-corrected chi connectivity index (χ0v) is 8.18. The van der Waals surface area contributed by atoms with Gasteiger partial charge in [0, 0.05) is 25.2 Å². The lowest BCUT2D eigenvalue weighted by Gasteiger charge is -2.10. The summed E-state index contributed by atoms with van der Waals surface area (Å²) in [4.78, 5) is 0. The van der Waals surface area contributed by atoms with Crippen molar-refractivity contribution in [3.05, 3.63) is 17.0 Å². The maximum atomic E-state index is 5.07. The van der Waals surface area contributed by atoms with E-state index in [1.165, 1.54) is 11.3 Å². The zero-order chi connectivity index (χ0) is 8.97. The van der Waals surface area contributed by atoms with Gasteiger partial charge >= 0.3 is 0 Å². The molecule has 0 radical (unpaired) electrons. The Bertz CT molecular complexity index is 230. The van der Waals surface area contributed by atoms with Gasteiger partial charge < -0.3 is 14.2 Å². The number of methoxy groups -OCH3 is 3. The van der Waals surface area contributed by atoms with Gasteiger partial charge in [-0.3, -0.25) is 0 Å². The molecule has 0 unspecified atom stereocenters. The van der Waals surface area contributed by atoms with Gasteiger partial charge in [0.2, 0.25) is 0 Å². The molecule has 0 spiro atoms. The molecular weight excluding hydrogens is 176 g/mol. The maximum absolute atomic E-state index is 5.07. The van der Waals surface area contributed by atoms with Crippen LogP contribution in [0.5, 0.6) is 5.06 Å². The van der Waals surface area contributed by atoms with Crippen LogP contribution in [0.2, 0.25) is 0 Å². The minimum absolute atomic E-state index is 0.287. The molecule has 0 aliphatic carbocycles. The third-order valence-corrected chi connectivity index (χ3v) is 2.40. The van der Waals surface area contributed by atoms with E-state index in [0.717, 1.165) is 10.6 Å². The number of hydrogen-bond acceptors (Lipinski definition) is 4. The van der Waals surface area contributed by atoms with E-state index < -0.39 is 0 Å². The molecule has 1 rings (SSSR count). The van der Waals surface area contributed by atoms with Gasteiger partial charge in [0.25, 0.3) is 0 Å². The fraction of sp³-hybridized carbons (Fsp3) is 0.500. The normalized spacial score (nSPS) is 10.7. The second-order valence-corrected chi connectivity index (χ2v) is 3.08. The molecule has 1 aromatic rings. The lowest BCUT2D eigenvalue weighted by atomic mass is 10.3. The summed E-state index contributed by atoms with van der Waals surface area (Å²) in [7, 11) is 4.86. The first-order valence-corrected chi connectivity index (χ1v) is 4.37. The largest absolute Gasteiger partial charge is 0.487 e. The van der Waals surface area contributed by atoms with Crippen LogP contribution in [0, 0.1) is 0 Å². The van der Waals surface area contributed by atoms with Gasteiger partial charge in [0.1, 0.15) is 0 Å². The molecule has 0 fully saturated rings. The van der Waals surface area contributed by atoms with Crippen LogP contribution in [-0.4, -0.2) is 21.3 Å². The molecule has 0 amide bonds. The average molecular weight is 188 g/mol. The van der Waals surface area contributed by atoms with E-state index in [4.69, 9.17) is 14.2 Å². The molecule has 0 aliphatic heterocycles. The Morgan fingerprint density at radius 2 is 1.92 bits per heavy atom. The molecule has 68 valence electrons. The Morgan fingerprint density at radius 1 is 1.25 bits per heavy atom. The van der Waals surface area contributed by atoms with Crippen LogP contribution >= 0.6 is 11.3 Å². The average Bonchev–Trinajstić information content (AvgIpc) is 2.55. The number of hydrogen-bond donors (Lipinski definition) is 0. The third-order valence-electron chi connectivity index (χ3n) is 1.50. The Labute approximate surface area is 75.9 Å². The molecule has 0 aliphatic rings. The molecular formula is C8H12O3S. The zero-order valence-electron chi connectivity index (χ0n) is 7.37. The van der Waals surface area contributed by atoms with E-state index >= 15 is 0 Å². The first kappa shape index (κ1) is 9.51. The van der Waals surface area contributed by atoms with Crippen LogP contribution in [0.25, 0.3) is 0 Å². The topological polar surface area (TPSA) is 27.7 Å². The Kier molecular flexibility index (Phi) is 3.52. The van der Waals surface area contributed by atoms with E-state index in [1.54, 1.807) is 21.3 Å². The van der Waals surface area contributed by atoms with Gasteiger partial charge in [0.15, 0.2) is 11.4 Å². The maximum Gasteiger partial charge on any atom is 0.184 e. The highest BCUT2D eigenvalue weighted by atomic mass is 32.1. The first-order valence-electron chi connectivity index (χ1n) is 3.49. The Hall–Kier alpha value is -0.580. The summed E-state index contributed by atoms with van der Waals surface area (Å²) in [6, 6.07) is 1.91. The molecule has 4 heteroatoms. The highest BCUT2D eigenvalue weighted by molar-refractivity contribution is 7.12. The van der Waals surface area contributed by atoms with Crippen molar-refractivity contribution in [2.24, 2.45) is 0 Å². The van der Waals surface area contributed by atoms with Gasteiger partial charge in [0.05, 0.1) is 7.11 Å². The lowest BCUT2D eigenvalue weighted by Crippen LogP contribution is -2.01. The smallest absolute Gasteiger partial charge is 0.184 e. The van der Waals surface area contributed by atoms with E-state index in [1.807, 2.05) is 11.4 Å². The van der Waals surface area contributed by atoms with Crippen LogP contribution in [0.3, 0.4) is 0 Å².